The van der Waals surface area contributed by atoms with E-state index in [1.807, 2.05) is 0 Å². The van der Waals surface area contributed by atoms with Gasteiger partial charge < -0.3 is 5.73 Å². The fourth-order valence-corrected chi connectivity index (χ4v) is 1.06. The summed E-state index contributed by atoms with van der Waals surface area (Å²) in [6, 6.07) is 6.57. The van der Waals surface area contributed by atoms with Gasteiger partial charge in [-0.05, 0) is 24.6 Å². The molecule has 1 rings (SSSR count). The van der Waals surface area contributed by atoms with Crippen molar-refractivity contribution >= 4 is 5.69 Å². The van der Waals surface area contributed by atoms with Crippen LogP contribution in [0.5, 0.6) is 0 Å². The normalized spacial score (nSPS) is 11.6. The maximum atomic E-state index is 12.5. The van der Waals surface area contributed by atoms with Crippen LogP contribution in [0.1, 0.15) is 12.5 Å². The van der Waals surface area contributed by atoms with Crippen LogP contribution < -0.4 is 5.73 Å². The van der Waals surface area contributed by atoms with Crippen molar-refractivity contribution in [1.29, 1.82) is 0 Å². The number of nitrogens with two attached hydrogens (primary N) is 1. The van der Waals surface area contributed by atoms with E-state index in [1.54, 1.807) is 24.3 Å². The first-order valence-corrected chi connectivity index (χ1v) is 3.70. The Balaban J connectivity index is 2.77. The summed E-state index contributed by atoms with van der Waals surface area (Å²) < 4.78 is 25.0. The number of hydrogen-bond acceptors (Lipinski definition) is 1. The summed E-state index contributed by atoms with van der Waals surface area (Å²) in [7, 11) is 0. The molecular formula is C9H11F2N. The van der Waals surface area contributed by atoms with Crippen LogP contribution in [-0.2, 0) is 6.42 Å². The molecule has 0 radical (unpaired) electrons. The summed E-state index contributed by atoms with van der Waals surface area (Å²) in [6.07, 6.45) is -0.252. The van der Waals surface area contributed by atoms with Crippen molar-refractivity contribution in [3.63, 3.8) is 0 Å². The summed E-state index contributed by atoms with van der Waals surface area (Å²) in [5.74, 6) is -2.66. The molecule has 0 heterocycles. The molecule has 0 fully saturated rings. The average Bonchev–Trinajstić information content (AvgIpc) is 1.82. The smallest absolute Gasteiger partial charge is 0.249 e. The lowest BCUT2D eigenvalue weighted by molar-refractivity contribution is 0.0226. The van der Waals surface area contributed by atoms with E-state index < -0.39 is 5.92 Å². The predicted molar refractivity (Wildman–Crippen MR) is 45.2 cm³/mol. The van der Waals surface area contributed by atoms with Crippen LogP contribution in [0.25, 0.3) is 0 Å². The molecule has 0 spiro atoms. The van der Waals surface area contributed by atoms with Gasteiger partial charge in [0.2, 0.25) is 5.92 Å². The molecule has 0 unspecified atom stereocenters. The Morgan fingerprint density at radius 2 is 2.08 bits per heavy atom. The lowest BCUT2D eigenvalue weighted by Gasteiger charge is -2.09. The van der Waals surface area contributed by atoms with Crippen LogP contribution >= 0.6 is 0 Å². The Morgan fingerprint density at radius 3 is 2.58 bits per heavy atom. The van der Waals surface area contributed by atoms with Crippen LogP contribution in [-0.4, -0.2) is 5.92 Å². The second-order valence-electron chi connectivity index (χ2n) is 2.99. The van der Waals surface area contributed by atoms with Gasteiger partial charge in [-0.15, -0.1) is 0 Å². The summed E-state index contributed by atoms with van der Waals surface area (Å²) in [6.45, 7) is 0.899. The standard InChI is InChI=1S/C9H11F2N/c1-9(10,11)6-7-3-2-4-8(12)5-7/h2-5H,6,12H2,1H3. The zero-order valence-electron chi connectivity index (χ0n) is 6.85. The zero-order chi connectivity index (χ0) is 9.19. The summed E-state index contributed by atoms with van der Waals surface area (Å²) in [5.41, 5.74) is 6.53. The SMILES string of the molecule is CC(F)(F)Cc1cccc(N)c1. The van der Waals surface area contributed by atoms with Crippen LogP contribution in [0.3, 0.4) is 0 Å². The topological polar surface area (TPSA) is 26.0 Å². The minimum absolute atomic E-state index is 0.252. The fourth-order valence-electron chi connectivity index (χ4n) is 1.06. The zero-order valence-corrected chi connectivity index (χ0v) is 6.85. The van der Waals surface area contributed by atoms with Crippen molar-refractivity contribution in [3.05, 3.63) is 29.8 Å². The van der Waals surface area contributed by atoms with E-state index in [1.165, 1.54) is 0 Å². The van der Waals surface area contributed by atoms with Gasteiger partial charge in [-0.1, -0.05) is 12.1 Å². The van der Waals surface area contributed by atoms with Crippen molar-refractivity contribution in [2.45, 2.75) is 19.3 Å². The number of nitrogen functional groups attached to an aromatic ring is 1. The van der Waals surface area contributed by atoms with Gasteiger partial charge in [-0.3, -0.25) is 0 Å². The third-order valence-corrected chi connectivity index (χ3v) is 1.47. The molecule has 0 saturated heterocycles. The van der Waals surface area contributed by atoms with Gasteiger partial charge in [0.1, 0.15) is 0 Å². The monoisotopic (exact) mass is 171 g/mol. The third-order valence-electron chi connectivity index (χ3n) is 1.47. The highest BCUT2D eigenvalue weighted by atomic mass is 19.3. The van der Waals surface area contributed by atoms with E-state index in [0.29, 0.717) is 11.3 Å². The van der Waals surface area contributed by atoms with Gasteiger partial charge in [-0.2, -0.15) is 0 Å². The molecule has 2 N–H and O–H groups in total. The first-order chi connectivity index (χ1) is 5.47. The Hall–Kier alpha value is -1.12. The lowest BCUT2D eigenvalue weighted by atomic mass is 10.1. The molecule has 12 heavy (non-hydrogen) atoms. The van der Waals surface area contributed by atoms with Crippen molar-refractivity contribution in [2.75, 3.05) is 5.73 Å². The van der Waals surface area contributed by atoms with Crippen LogP contribution in [0.15, 0.2) is 24.3 Å². The Bertz CT molecular complexity index is 265. The predicted octanol–water partition coefficient (Wildman–Crippen LogP) is 2.47. The highest BCUT2D eigenvalue weighted by molar-refractivity contribution is 5.40. The number of hydrogen-bond donors (Lipinski definition) is 1. The fraction of sp³-hybridized carbons (Fsp3) is 0.333. The average molecular weight is 171 g/mol. The van der Waals surface area contributed by atoms with Crippen LogP contribution in [0.2, 0.25) is 0 Å². The maximum Gasteiger partial charge on any atom is 0.249 e. The highest BCUT2D eigenvalue weighted by Gasteiger charge is 2.21. The second kappa shape index (κ2) is 3.09. The summed E-state index contributed by atoms with van der Waals surface area (Å²) >= 11 is 0. The number of benzene rings is 1. The molecule has 0 aliphatic rings. The molecule has 1 nitrogen and oxygen atoms in total. The quantitative estimate of drug-likeness (QED) is 0.679. The van der Waals surface area contributed by atoms with Crippen molar-refractivity contribution in [1.82, 2.24) is 0 Å². The van der Waals surface area contributed by atoms with Gasteiger partial charge in [-0.25, -0.2) is 8.78 Å². The lowest BCUT2D eigenvalue weighted by Crippen LogP contribution is -2.13. The minimum Gasteiger partial charge on any atom is -0.399 e. The first kappa shape index (κ1) is 8.97. The third kappa shape index (κ3) is 2.86. The second-order valence-corrected chi connectivity index (χ2v) is 2.99. The molecule has 1 aromatic carbocycles. The van der Waals surface area contributed by atoms with E-state index in [0.717, 1.165) is 6.92 Å². The maximum absolute atomic E-state index is 12.5. The number of halogens is 2. The Kier molecular flexibility index (Phi) is 2.31. The van der Waals surface area contributed by atoms with E-state index in [4.69, 9.17) is 5.73 Å². The largest absolute Gasteiger partial charge is 0.399 e. The van der Waals surface area contributed by atoms with Crippen LogP contribution in [0.4, 0.5) is 14.5 Å². The van der Waals surface area contributed by atoms with Gasteiger partial charge >= 0.3 is 0 Å². The van der Waals surface area contributed by atoms with E-state index in [9.17, 15) is 8.78 Å². The molecule has 3 heteroatoms. The van der Waals surface area contributed by atoms with Crippen LogP contribution in [0, 0.1) is 0 Å². The summed E-state index contributed by atoms with van der Waals surface area (Å²) in [4.78, 5) is 0. The molecule has 0 aromatic heterocycles. The van der Waals surface area contributed by atoms with Gasteiger partial charge in [0.25, 0.3) is 0 Å². The van der Waals surface area contributed by atoms with Crippen molar-refractivity contribution < 1.29 is 8.78 Å². The Labute approximate surface area is 70.2 Å². The molecule has 0 saturated carbocycles. The van der Waals surface area contributed by atoms with E-state index in [2.05, 4.69) is 0 Å². The van der Waals surface area contributed by atoms with Crippen molar-refractivity contribution in [3.8, 4) is 0 Å². The Morgan fingerprint density at radius 1 is 1.42 bits per heavy atom. The first-order valence-electron chi connectivity index (χ1n) is 3.70. The van der Waals surface area contributed by atoms with Gasteiger partial charge in [0, 0.05) is 12.1 Å². The summed E-state index contributed by atoms with van der Waals surface area (Å²) in [5, 5.41) is 0. The van der Waals surface area contributed by atoms with Gasteiger partial charge in [0.15, 0.2) is 0 Å². The minimum atomic E-state index is -2.66. The molecule has 1 aromatic rings. The number of rotatable bonds is 2. The van der Waals surface area contributed by atoms with Crippen molar-refractivity contribution in [2.24, 2.45) is 0 Å². The molecule has 0 amide bonds. The highest BCUT2D eigenvalue weighted by Crippen LogP contribution is 2.19. The molecule has 0 aliphatic heterocycles. The molecule has 0 bridgehead atoms. The molecular weight excluding hydrogens is 160 g/mol. The molecule has 66 valence electrons. The number of anilines is 1. The number of alkyl halides is 2. The van der Waals surface area contributed by atoms with E-state index >= 15 is 0 Å². The van der Waals surface area contributed by atoms with Gasteiger partial charge in [0.05, 0.1) is 0 Å². The molecule has 0 aliphatic carbocycles. The van der Waals surface area contributed by atoms with E-state index in [-0.39, 0.29) is 6.42 Å². The molecule has 0 atom stereocenters.